The molecule has 0 spiro atoms. The maximum atomic E-state index is 11.0. The van der Waals surface area contributed by atoms with Crippen LogP contribution in [-0.2, 0) is 16.0 Å². The van der Waals surface area contributed by atoms with E-state index in [1.165, 1.54) is 7.11 Å². The number of benzene rings is 1. The van der Waals surface area contributed by atoms with Gasteiger partial charge in [0.15, 0.2) is 0 Å². The Hall–Kier alpha value is -1.77. The van der Waals surface area contributed by atoms with Crippen LogP contribution in [0.3, 0.4) is 0 Å². The lowest BCUT2D eigenvalue weighted by Gasteiger charge is -2.21. The molecule has 0 saturated heterocycles. The smallest absolute Gasteiger partial charge is 0.314 e. The van der Waals surface area contributed by atoms with Gasteiger partial charge in [-0.3, -0.25) is 4.79 Å². The fourth-order valence-corrected chi connectivity index (χ4v) is 1.85. The van der Waals surface area contributed by atoms with Crippen LogP contribution in [-0.4, -0.2) is 18.2 Å². The fourth-order valence-electron chi connectivity index (χ4n) is 1.85. The number of carboxylic acids is 1. The van der Waals surface area contributed by atoms with Crippen LogP contribution in [0.2, 0.25) is 0 Å². The Kier molecular flexibility index (Phi) is 2.46. The molecule has 1 aromatic carbocycles. The van der Waals surface area contributed by atoms with E-state index in [4.69, 9.17) is 9.84 Å². The molecule has 3 nitrogen and oxygen atoms in total. The largest absolute Gasteiger partial charge is 0.500 e. The number of carbonyl (C=O) groups is 1. The lowest BCUT2D eigenvalue weighted by atomic mass is 9.88. The minimum absolute atomic E-state index is 0.505. The summed E-state index contributed by atoms with van der Waals surface area (Å²) in [6.07, 6.45) is 2.31. The van der Waals surface area contributed by atoms with Crippen molar-refractivity contribution in [3.8, 4) is 0 Å². The second kappa shape index (κ2) is 3.77. The van der Waals surface area contributed by atoms with Gasteiger partial charge in [-0.15, -0.1) is 0 Å². The second-order valence-electron chi connectivity index (χ2n) is 3.54. The van der Waals surface area contributed by atoms with Crippen molar-refractivity contribution >= 4 is 12.0 Å². The molecule has 78 valence electrons. The van der Waals surface area contributed by atoms with E-state index < -0.39 is 11.9 Å². The van der Waals surface area contributed by atoms with Crippen molar-refractivity contribution < 1.29 is 14.6 Å². The summed E-state index contributed by atoms with van der Waals surface area (Å²) in [5.41, 5.74) is 2.11. The first-order valence-corrected chi connectivity index (χ1v) is 4.78. The SMILES string of the molecule is COC1=Cc2ccccc2CC1C(=O)O. The quantitative estimate of drug-likeness (QED) is 0.800. The van der Waals surface area contributed by atoms with Gasteiger partial charge in [0.25, 0.3) is 0 Å². The first-order valence-electron chi connectivity index (χ1n) is 4.78. The van der Waals surface area contributed by atoms with Crippen LogP contribution in [0.5, 0.6) is 0 Å². The molecule has 3 heteroatoms. The molecule has 2 rings (SSSR count). The average Bonchev–Trinajstić information content (AvgIpc) is 2.27. The zero-order valence-corrected chi connectivity index (χ0v) is 8.43. The first-order chi connectivity index (χ1) is 7.22. The summed E-state index contributed by atoms with van der Waals surface area (Å²) in [5.74, 6) is -0.858. The van der Waals surface area contributed by atoms with Crippen molar-refractivity contribution in [2.24, 2.45) is 5.92 Å². The van der Waals surface area contributed by atoms with Gasteiger partial charge in [0, 0.05) is 0 Å². The standard InChI is InChI=1S/C12H12O3/c1-15-11-7-9-5-3-2-4-8(9)6-10(11)12(13)14/h2-5,7,10H,6H2,1H3,(H,13,14). The van der Waals surface area contributed by atoms with Gasteiger partial charge in [-0.2, -0.15) is 0 Å². The minimum Gasteiger partial charge on any atom is -0.500 e. The Labute approximate surface area is 88.0 Å². The molecule has 0 aromatic heterocycles. The number of carboxylic acid groups (broad SMARTS) is 1. The van der Waals surface area contributed by atoms with Gasteiger partial charge in [-0.25, -0.2) is 0 Å². The predicted molar refractivity (Wildman–Crippen MR) is 56.3 cm³/mol. The lowest BCUT2D eigenvalue weighted by molar-refractivity contribution is -0.141. The molecular weight excluding hydrogens is 192 g/mol. The molecule has 0 bridgehead atoms. The summed E-state index contributed by atoms with van der Waals surface area (Å²) in [7, 11) is 1.51. The molecule has 1 aliphatic carbocycles. The summed E-state index contributed by atoms with van der Waals surface area (Å²) in [4.78, 5) is 11.0. The van der Waals surface area contributed by atoms with Crippen molar-refractivity contribution in [3.05, 3.63) is 41.2 Å². The number of rotatable bonds is 2. The van der Waals surface area contributed by atoms with Crippen LogP contribution in [0.25, 0.3) is 6.08 Å². The highest BCUT2D eigenvalue weighted by Crippen LogP contribution is 2.28. The maximum Gasteiger partial charge on any atom is 0.314 e. The Balaban J connectivity index is 2.43. The molecule has 0 saturated carbocycles. The van der Waals surface area contributed by atoms with E-state index in [1.807, 2.05) is 24.3 Å². The molecular formula is C12H12O3. The minimum atomic E-state index is -0.836. The van der Waals surface area contributed by atoms with Crippen molar-refractivity contribution in [2.45, 2.75) is 6.42 Å². The number of hydrogen-bond acceptors (Lipinski definition) is 2. The Morgan fingerprint density at radius 2 is 2.20 bits per heavy atom. The molecule has 1 aromatic rings. The lowest BCUT2D eigenvalue weighted by Crippen LogP contribution is -2.22. The molecule has 1 unspecified atom stereocenters. The van der Waals surface area contributed by atoms with Gasteiger partial charge < -0.3 is 9.84 Å². The van der Waals surface area contributed by atoms with Gasteiger partial charge in [-0.05, 0) is 23.6 Å². The third-order valence-electron chi connectivity index (χ3n) is 2.65. The molecule has 0 aliphatic heterocycles. The fraction of sp³-hybridized carbons (Fsp3) is 0.250. The summed E-state index contributed by atoms with van der Waals surface area (Å²) in [6, 6.07) is 7.77. The van der Waals surface area contributed by atoms with Crippen LogP contribution in [0.1, 0.15) is 11.1 Å². The third kappa shape index (κ3) is 1.73. The van der Waals surface area contributed by atoms with Crippen LogP contribution in [0.15, 0.2) is 30.0 Å². The van der Waals surface area contributed by atoms with Gasteiger partial charge in [-0.1, -0.05) is 24.3 Å². The number of methoxy groups -OCH3 is 1. The van der Waals surface area contributed by atoms with Crippen molar-refractivity contribution in [2.75, 3.05) is 7.11 Å². The first kappa shape index (κ1) is 9.77. The molecule has 0 heterocycles. The van der Waals surface area contributed by atoms with Crippen LogP contribution in [0, 0.1) is 5.92 Å². The van der Waals surface area contributed by atoms with Gasteiger partial charge in [0.05, 0.1) is 7.11 Å². The van der Waals surface area contributed by atoms with E-state index in [1.54, 1.807) is 6.08 Å². The Morgan fingerprint density at radius 1 is 1.47 bits per heavy atom. The molecule has 1 aliphatic rings. The van der Waals surface area contributed by atoms with E-state index in [2.05, 4.69) is 0 Å². The van der Waals surface area contributed by atoms with Gasteiger partial charge >= 0.3 is 5.97 Å². The van der Waals surface area contributed by atoms with E-state index in [-0.39, 0.29) is 0 Å². The second-order valence-corrected chi connectivity index (χ2v) is 3.54. The monoisotopic (exact) mass is 204 g/mol. The van der Waals surface area contributed by atoms with Crippen LogP contribution >= 0.6 is 0 Å². The number of fused-ring (bicyclic) bond motifs is 1. The van der Waals surface area contributed by atoms with Gasteiger partial charge in [0.1, 0.15) is 11.7 Å². The Morgan fingerprint density at radius 3 is 2.87 bits per heavy atom. The topological polar surface area (TPSA) is 46.5 Å². The molecule has 1 N–H and O–H groups in total. The van der Waals surface area contributed by atoms with Crippen LogP contribution < -0.4 is 0 Å². The van der Waals surface area contributed by atoms with E-state index in [0.29, 0.717) is 12.2 Å². The number of hydrogen-bond donors (Lipinski definition) is 1. The summed E-state index contributed by atoms with van der Waals surface area (Å²) < 4.78 is 5.10. The van der Waals surface area contributed by atoms with E-state index in [0.717, 1.165) is 11.1 Å². The maximum absolute atomic E-state index is 11.0. The average molecular weight is 204 g/mol. The summed E-state index contributed by atoms with van der Waals surface area (Å²) in [6.45, 7) is 0. The molecule has 0 radical (unpaired) electrons. The zero-order valence-electron chi connectivity index (χ0n) is 8.43. The molecule has 15 heavy (non-hydrogen) atoms. The van der Waals surface area contributed by atoms with Gasteiger partial charge in [0.2, 0.25) is 0 Å². The van der Waals surface area contributed by atoms with Crippen molar-refractivity contribution in [3.63, 3.8) is 0 Å². The molecule has 0 amide bonds. The summed E-state index contributed by atoms with van der Waals surface area (Å²) >= 11 is 0. The predicted octanol–water partition coefficient (Wildman–Crippen LogP) is 1.93. The molecule has 1 atom stereocenters. The zero-order chi connectivity index (χ0) is 10.8. The summed E-state index contributed by atoms with van der Waals surface area (Å²) in [5, 5.41) is 9.04. The van der Waals surface area contributed by atoms with E-state index >= 15 is 0 Å². The molecule has 0 fully saturated rings. The Bertz CT molecular complexity index is 421. The number of aliphatic carboxylic acids is 1. The van der Waals surface area contributed by atoms with Crippen molar-refractivity contribution in [1.29, 1.82) is 0 Å². The number of ether oxygens (including phenoxy) is 1. The highest BCUT2D eigenvalue weighted by atomic mass is 16.5. The third-order valence-corrected chi connectivity index (χ3v) is 2.65. The van der Waals surface area contributed by atoms with Crippen LogP contribution in [0.4, 0.5) is 0 Å². The van der Waals surface area contributed by atoms with Crippen molar-refractivity contribution in [1.82, 2.24) is 0 Å². The highest BCUT2D eigenvalue weighted by molar-refractivity contribution is 5.78. The highest BCUT2D eigenvalue weighted by Gasteiger charge is 2.27. The normalized spacial score (nSPS) is 19.0. The van der Waals surface area contributed by atoms with E-state index in [9.17, 15) is 4.79 Å².